The topological polar surface area (TPSA) is 88.3 Å². The minimum Gasteiger partial charge on any atom is -0.496 e. The van der Waals surface area contributed by atoms with E-state index in [1.807, 2.05) is 13.8 Å². The van der Waals surface area contributed by atoms with Gasteiger partial charge in [-0.25, -0.2) is 4.98 Å². The third kappa shape index (κ3) is 4.29. The Kier molecular flexibility index (Phi) is 7.12. The summed E-state index contributed by atoms with van der Waals surface area (Å²) >= 11 is 0. The van der Waals surface area contributed by atoms with E-state index in [-0.39, 0.29) is 62.3 Å². The van der Waals surface area contributed by atoms with Gasteiger partial charge in [-0.2, -0.15) is 0 Å². The zero-order valence-electron chi connectivity index (χ0n) is 14.9. The van der Waals surface area contributed by atoms with Crippen molar-refractivity contribution < 1.29 is 65.1 Å². The van der Waals surface area contributed by atoms with E-state index in [0.29, 0.717) is 22.7 Å². The zero-order chi connectivity index (χ0) is 17.3. The van der Waals surface area contributed by atoms with Crippen LogP contribution in [0.25, 0.3) is 11.2 Å². The molecule has 0 bridgehead atoms. The van der Waals surface area contributed by atoms with Crippen molar-refractivity contribution in [2.45, 2.75) is 24.8 Å². The van der Waals surface area contributed by atoms with Gasteiger partial charge in [-0.15, -0.1) is 0 Å². The van der Waals surface area contributed by atoms with Crippen LogP contribution >= 0.6 is 0 Å². The van der Waals surface area contributed by atoms with Gasteiger partial charge in [-0.1, -0.05) is 6.07 Å². The Morgan fingerprint density at radius 1 is 1.16 bits per heavy atom. The fourth-order valence-electron chi connectivity index (χ4n) is 2.43. The summed E-state index contributed by atoms with van der Waals surface area (Å²) in [5.74, 6) is 1.42. The van der Waals surface area contributed by atoms with Crippen LogP contribution < -0.4 is 65.8 Å². The van der Waals surface area contributed by atoms with E-state index in [2.05, 4.69) is 19.9 Å². The molecule has 0 aliphatic rings. The fraction of sp³-hybridized carbons (Fsp3) is 0.312. The molecule has 0 N–H and O–H groups in total. The first kappa shape index (κ1) is 20.5. The van der Waals surface area contributed by atoms with Gasteiger partial charge in [0, 0.05) is 28.5 Å². The summed E-state index contributed by atoms with van der Waals surface area (Å²) in [4.78, 5) is 17.1. The fourth-order valence-corrected chi connectivity index (χ4v) is 3.49. The Balaban J connectivity index is 0.00000225. The van der Waals surface area contributed by atoms with Crippen LogP contribution in [0.2, 0.25) is 0 Å². The van der Waals surface area contributed by atoms with Crippen molar-refractivity contribution in [3.63, 3.8) is 0 Å². The number of ether oxygens (including phenoxy) is 2. The summed E-state index contributed by atoms with van der Waals surface area (Å²) in [6.45, 7) is 3.83. The number of pyridine rings is 2. The van der Waals surface area contributed by atoms with Crippen LogP contribution in [0, 0.1) is 13.8 Å². The summed E-state index contributed by atoms with van der Waals surface area (Å²) < 4.78 is 23.1. The number of methoxy groups -OCH3 is 2. The van der Waals surface area contributed by atoms with Crippen LogP contribution in [0.15, 0.2) is 23.5 Å². The van der Waals surface area contributed by atoms with Gasteiger partial charge in [-0.05, 0) is 19.4 Å². The number of nitrogens with zero attached hydrogens (tertiary/aromatic N) is 4. The Hall–Kier alpha value is -0.844. The molecule has 0 aliphatic carbocycles. The molecule has 3 aromatic heterocycles. The molecule has 0 amide bonds. The van der Waals surface area contributed by atoms with E-state index in [1.54, 1.807) is 25.4 Å². The molecule has 3 heterocycles. The molecular formula is C16H17KN4O3S. The molecule has 7 nitrogen and oxygen atoms in total. The van der Waals surface area contributed by atoms with Crippen molar-refractivity contribution in [3.8, 4) is 11.6 Å². The smallest absolute Gasteiger partial charge is 0.496 e. The molecule has 0 spiro atoms. The van der Waals surface area contributed by atoms with E-state index >= 15 is 0 Å². The van der Waals surface area contributed by atoms with Gasteiger partial charge in [0.2, 0.25) is 5.88 Å². The summed E-state index contributed by atoms with van der Waals surface area (Å²) in [5.41, 5.74) is 3.53. The number of hydrogen-bond acceptors (Lipinski definition) is 6. The monoisotopic (exact) mass is 384 g/mol. The van der Waals surface area contributed by atoms with Crippen LogP contribution in [0.5, 0.6) is 11.6 Å². The maximum atomic E-state index is 12.6. The average molecular weight is 385 g/mol. The predicted molar refractivity (Wildman–Crippen MR) is 89.8 cm³/mol. The van der Waals surface area contributed by atoms with Crippen molar-refractivity contribution in [1.29, 1.82) is 0 Å². The standard InChI is InChI=1S/C16H17N4O3S.K/c1-9-7-17-12(10(2)14(9)23-4)8-24(21)16-18-11-5-6-13(22-3)19-15(11)20-16;/h5-7H,8H2,1-4H3;/q-1;+1. The number of imidazole rings is 1. The Labute approximate surface area is 190 Å². The maximum absolute atomic E-state index is 12.6. The molecule has 0 aromatic carbocycles. The van der Waals surface area contributed by atoms with E-state index < -0.39 is 10.8 Å². The first-order valence-electron chi connectivity index (χ1n) is 7.26. The first-order chi connectivity index (χ1) is 11.5. The third-order valence-corrected chi connectivity index (χ3v) is 4.80. The molecule has 0 radical (unpaired) electrons. The summed E-state index contributed by atoms with van der Waals surface area (Å²) in [6, 6.07) is 3.44. The third-order valence-electron chi connectivity index (χ3n) is 3.68. The number of hydrogen-bond donors (Lipinski definition) is 0. The van der Waals surface area contributed by atoms with Crippen LogP contribution in [0.4, 0.5) is 0 Å². The Morgan fingerprint density at radius 2 is 1.92 bits per heavy atom. The molecule has 0 saturated heterocycles. The SMILES string of the molecule is COc1ccc2[n-]c(S(=O)Cc3ncc(C)c(OC)c3C)nc2n1.[K+]. The summed E-state index contributed by atoms with van der Waals surface area (Å²) in [5, 5.41) is 0.242. The zero-order valence-corrected chi connectivity index (χ0v) is 18.8. The van der Waals surface area contributed by atoms with Crippen LogP contribution in [0.1, 0.15) is 16.8 Å². The molecule has 0 aliphatic heterocycles. The van der Waals surface area contributed by atoms with E-state index in [1.165, 1.54) is 7.11 Å². The van der Waals surface area contributed by atoms with E-state index in [4.69, 9.17) is 9.47 Å². The number of fused-ring (bicyclic) bond motifs is 1. The van der Waals surface area contributed by atoms with Crippen molar-refractivity contribution in [2.24, 2.45) is 0 Å². The van der Waals surface area contributed by atoms with E-state index in [0.717, 1.165) is 16.9 Å². The van der Waals surface area contributed by atoms with Gasteiger partial charge in [0.15, 0.2) is 0 Å². The first-order valence-corrected chi connectivity index (χ1v) is 8.58. The Bertz CT molecular complexity index is 929. The van der Waals surface area contributed by atoms with Gasteiger partial charge in [0.25, 0.3) is 0 Å². The van der Waals surface area contributed by atoms with Crippen molar-refractivity contribution in [2.75, 3.05) is 14.2 Å². The van der Waals surface area contributed by atoms with E-state index in [9.17, 15) is 4.21 Å². The molecule has 0 saturated carbocycles. The normalized spacial score (nSPS) is 11.8. The van der Waals surface area contributed by atoms with Gasteiger partial charge < -0.3 is 19.4 Å². The van der Waals surface area contributed by atoms with Crippen molar-refractivity contribution >= 4 is 22.0 Å². The van der Waals surface area contributed by atoms with Crippen LogP contribution in [0.3, 0.4) is 0 Å². The molecule has 1 unspecified atom stereocenters. The summed E-state index contributed by atoms with van der Waals surface area (Å²) in [7, 11) is 1.72. The number of rotatable bonds is 5. The molecule has 9 heteroatoms. The quantitative estimate of drug-likeness (QED) is 0.518. The number of aryl methyl sites for hydroxylation is 1. The molecular weight excluding hydrogens is 367 g/mol. The maximum Gasteiger partial charge on any atom is 1.00 e. The second kappa shape index (κ2) is 8.70. The predicted octanol–water partition coefficient (Wildman–Crippen LogP) is -1.07. The molecule has 3 rings (SSSR count). The van der Waals surface area contributed by atoms with Crippen LogP contribution in [-0.4, -0.2) is 33.4 Å². The molecule has 1 atom stereocenters. The van der Waals surface area contributed by atoms with Crippen molar-refractivity contribution in [1.82, 2.24) is 19.9 Å². The van der Waals surface area contributed by atoms with Gasteiger partial charge in [0.1, 0.15) is 5.75 Å². The van der Waals surface area contributed by atoms with Gasteiger partial charge >= 0.3 is 51.4 Å². The average Bonchev–Trinajstić information content (AvgIpc) is 3.01. The van der Waals surface area contributed by atoms with Crippen molar-refractivity contribution in [3.05, 3.63) is 35.2 Å². The second-order valence-electron chi connectivity index (χ2n) is 5.24. The summed E-state index contributed by atoms with van der Waals surface area (Å²) in [6.07, 6.45) is 1.72. The second-order valence-corrected chi connectivity index (χ2v) is 6.58. The molecule has 3 aromatic rings. The Morgan fingerprint density at radius 3 is 2.60 bits per heavy atom. The minimum absolute atomic E-state index is 0. The minimum atomic E-state index is -1.42. The molecule has 0 fully saturated rings. The molecule has 25 heavy (non-hydrogen) atoms. The van der Waals surface area contributed by atoms with Crippen LogP contribution in [-0.2, 0) is 16.6 Å². The van der Waals surface area contributed by atoms with Gasteiger partial charge in [-0.3, -0.25) is 9.19 Å². The largest absolute Gasteiger partial charge is 1.00 e. The number of aromatic nitrogens is 4. The van der Waals surface area contributed by atoms with Gasteiger partial charge in [0.05, 0.1) is 42.1 Å². The molecule has 126 valence electrons.